The number of nitrogens with zero attached hydrogens (tertiary/aromatic N) is 2. The quantitative estimate of drug-likeness (QED) is 0.811. The maximum absolute atomic E-state index is 11.9. The summed E-state index contributed by atoms with van der Waals surface area (Å²) in [6.45, 7) is 3.24. The van der Waals surface area contributed by atoms with Crippen LogP contribution in [0.4, 0.5) is 0 Å². The zero-order valence-corrected chi connectivity index (χ0v) is 10.6. The fraction of sp³-hybridized carbons (Fsp3) is 0.538. The molecule has 4 nitrogen and oxygen atoms in total. The SMILES string of the molecule is CCC(CN)CC(=O)N(C)Cc1cccnc1. The van der Waals surface area contributed by atoms with Gasteiger partial charge >= 0.3 is 0 Å². The fourth-order valence-electron chi connectivity index (χ4n) is 1.65. The van der Waals surface area contributed by atoms with Crippen molar-refractivity contribution in [1.29, 1.82) is 0 Å². The van der Waals surface area contributed by atoms with Crippen LogP contribution in [0.2, 0.25) is 0 Å². The van der Waals surface area contributed by atoms with Gasteiger partial charge in [0.15, 0.2) is 0 Å². The lowest BCUT2D eigenvalue weighted by molar-refractivity contribution is -0.131. The Labute approximate surface area is 103 Å². The zero-order chi connectivity index (χ0) is 12.7. The van der Waals surface area contributed by atoms with E-state index in [4.69, 9.17) is 5.73 Å². The number of carbonyl (C=O) groups excluding carboxylic acids is 1. The third-order valence-electron chi connectivity index (χ3n) is 2.94. The highest BCUT2D eigenvalue weighted by molar-refractivity contribution is 5.76. The summed E-state index contributed by atoms with van der Waals surface area (Å²) in [5, 5.41) is 0. The lowest BCUT2D eigenvalue weighted by Crippen LogP contribution is -2.29. The normalized spacial score (nSPS) is 12.2. The van der Waals surface area contributed by atoms with E-state index < -0.39 is 0 Å². The highest BCUT2D eigenvalue weighted by atomic mass is 16.2. The van der Waals surface area contributed by atoms with E-state index in [1.165, 1.54) is 0 Å². The van der Waals surface area contributed by atoms with E-state index >= 15 is 0 Å². The zero-order valence-electron chi connectivity index (χ0n) is 10.6. The minimum Gasteiger partial charge on any atom is -0.341 e. The molecule has 1 unspecified atom stereocenters. The Morgan fingerprint density at radius 2 is 2.35 bits per heavy atom. The number of hydrogen-bond acceptors (Lipinski definition) is 3. The van der Waals surface area contributed by atoms with Crippen molar-refractivity contribution in [3.63, 3.8) is 0 Å². The molecule has 0 radical (unpaired) electrons. The van der Waals surface area contributed by atoms with Gasteiger partial charge in [-0.05, 0) is 24.1 Å². The average Bonchev–Trinajstić information content (AvgIpc) is 2.36. The van der Waals surface area contributed by atoms with Crippen molar-refractivity contribution in [2.75, 3.05) is 13.6 Å². The van der Waals surface area contributed by atoms with Crippen molar-refractivity contribution >= 4 is 5.91 Å². The Morgan fingerprint density at radius 1 is 1.59 bits per heavy atom. The summed E-state index contributed by atoms with van der Waals surface area (Å²) in [6.07, 6.45) is 4.99. The molecular weight excluding hydrogens is 214 g/mol. The van der Waals surface area contributed by atoms with Crippen molar-refractivity contribution in [2.24, 2.45) is 11.7 Å². The molecule has 4 heteroatoms. The molecule has 0 spiro atoms. The topological polar surface area (TPSA) is 59.2 Å². The molecule has 0 aliphatic carbocycles. The molecule has 0 fully saturated rings. The highest BCUT2D eigenvalue weighted by Crippen LogP contribution is 2.10. The first-order valence-corrected chi connectivity index (χ1v) is 6.00. The monoisotopic (exact) mass is 235 g/mol. The van der Waals surface area contributed by atoms with Gasteiger partial charge in [0.1, 0.15) is 0 Å². The summed E-state index contributed by atoms with van der Waals surface area (Å²) in [6, 6.07) is 3.85. The Bertz CT molecular complexity index is 336. The minimum absolute atomic E-state index is 0.145. The molecule has 1 rings (SSSR count). The van der Waals surface area contributed by atoms with Gasteiger partial charge in [0.05, 0.1) is 0 Å². The van der Waals surface area contributed by atoms with Crippen LogP contribution >= 0.6 is 0 Å². The number of amides is 1. The summed E-state index contributed by atoms with van der Waals surface area (Å²) < 4.78 is 0. The van der Waals surface area contributed by atoms with Crippen molar-refractivity contribution in [1.82, 2.24) is 9.88 Å². The smallest absolute Gasteiger partial charge is 0.222 e. The number of hydrogen-bond donors (Lipinski definition) is 1. The van der Waals surface area contributed by atoms with Crippen LogP contribution in [0.15, 0.2) is 24.5 Å². The molecule has 94 valence electrons. The molecule has 1 aromatic heterocycles. The van der Waals surface area contributed by atoms with Crippen LogP contribution in [-0.2, 0) is 11.3 Å². The van der Waals surface area contributed by atoms with Crippen molar-refractivity contribution in [3.8, 4) is 0 Å². The van der Waals surface area contributed by atoms with Gasteiger partial charge in [0.25, 0.3) is 0 Å². The lowest BCUT2D eigenvalue weighted by Gasteiger charge is -2.20. The van der Waals surface area contributed by atoms with Gasteiger partial charge in [-0.2, -0.15) is 0 Å². The average molecular weight is 235 g/mol. The summed E-state index contributed by atoms with van der Waals surface area (Å²) in [7, 11) is 1.82. The molecule has 1 amide bonds. The molecule has 1 atom stereocenters. The number of nitrogens with two attached hydrogens (primary N) is 1. The molecule has 0 bridgehead atoms. The molecule has 0 saturated heterocycles. The first-order valence-electron chi connectivity index (χ1n) is 6.00. The highest BCUT2D eigenvalue weighted by Gasteiger charge is 2.14. The predicted molar refractivity (Wildman–Crippen MR) is 68.2 cm³/mol. The van der Waals surface area contributed by atoms with Crippen LogP contribution in [0.25, 0.3) is 0 Å². The van der Waals surface area contributed by atoms with Gasteiger partial charge in [-0.3, -0.25) is 9.78 Å². The third kappa shape index (κ3) is 4.53. The van der Waals surface area contributed by atoms with Crippen LogP contribution in [0.5, 0.6) is 0 Å². The second kappa shape index (κ2) is 7.01. The standard InChI is InChI=1S/C13H21N3O/c1-3-11(8-14)7-13(17)16(2)10-12-5-4-6-15-9-12/h4-6,9,11H,3,7-8,10,14H2,1-2H3. The first kappa shape index (κ1) is 13.6. The maximum Gasteiger partial charge on any atom is 0.222 e. The molecule has 0 saturated carbocycles. The van der Waals surface area contributed by atoms with Crippen LogP contribution < -0.4 is 5.73 Å². The van der Waals surface area contributed by atoms with E-state index in [1.54, 1.807) is 17.3 Å². The van der Waals surface area contributed by atoms with Gasteiger partial charge in [0.2, 0.25) is 5.91 Å². The Hall–Kier alpha value is -1.42. The molecule has 17 heavy (non-hydrogen) atoms. The largest absolute Gasteiger partial charge is 0.341 e. The molecule has 2 N–H and O–H groups in total. The minimum atomic E-state index is 0.145. The summed E-state index contributed by atoms with van der Waals surface area (Å²) >= 11 is 0. The summed E-state index contributed by atoms with van der Waals surface area (Å²) in [5.74, 6) is 0.435. The number of pyridine rings is 1. The predicted octanol–water partition coefficient (Wildman–Crippen LogP) is 1.41. The lowest BCUT2D eigenvalue weighted by atomic mass is 10.0. The van der Waals surface area contributed by atoms with Crippen molar-refractivity contribution in [2.45, 2.75) is 26.3 Å². The third-order valence-corrected chi connectivity index (χ3v) is 2.94. The second-order valence-electron chi connectivity index (χ2n) is 4.33. The van der Waals surface area contributed by atoms with Crippen LogP contribution in [-0.4, -0.2) is 29.4 Å². The number of aromatic nitrogens is 1. The van der Waals surface area contributed by atoms with E-state index in [1.807, 2.05) is 19.2 Å². The van der Waals surface area contributed by atoms with Crippen LogP contribution in [0.1, 0.15) is 25.3 Å². The molecule has 0 aliphatic rings. The van der Waals surface area contributed by atoms with E-state index in [0.29, 0.717) is 25.4 Å². The molecule has 0 aromatic carbocycles. The Balaban J connectivity index is 2.47. The van der Waals surface area contributed by atoms with Gasteiger partial charge in [-0.25, -0.2) is 0 Å². The summed E-state index contributed by atoms with van der Waals surface area (Å²) in [4.78, 5) is 17.7. The fourth-order valence-corrected chi connectivity index (χ4v) is 1.65. The number of carbonyl (C=O) groups is 1. The number of rotatable bonds is 6. The maximum atomic E-state index is 11.9. The molecule has 1 heterocycles. The van der Waals surface area contributed by atoms with E-state index in [-0.39, 0.29) is 5.91 Å². The van der Waals surface area contributed by atoms with Crippen LogP contribution in [0, 0.1) is 5.92 Å². The Kier molecular flexibility index (Phi) is 5.63. The van der Waals surface area contributed by atoms with Gasteiger partial charge in [0, 0.05) is 32.4 Å². The molecule has 0 aliphatic heterocycles. The van der Waals surface area contributed by atoms with E-state index in [2.05, 4.69) is 11.9 Å². The van der Waals surface area contributed by atoms with Gasteiger partial charge in [-0.15, -0.1) is 0 Å². The summed E-state index contributed by atoms with van der Waals surface area (Å²) in [5.41, 5.74) is 6.65. The first-order chi connectivity index (χ1) is 8.17. The van der Waals surface area contributed by atoms with Crippen molar-refractivity contribution in [3.05, 3.63) is 30.1 Å². The molecular formula is C13H21N3O. The van der Waals surface area contributed by atoms with Crippen LogP contribution in [0.3, 0.4) is 0 Å². The Morgan fingerprint density at radius 3 is 2.88 bits per heavy atom. The molecule has 1 aromatic rings. The van der Waals surface area contributed by atoms with Gasteiger partial charge < -0.3 is 10.6 Å². The second-order valence-corrected chi connectivity index (χ2v) is 4.33. The van der Waals surface area contributed by atoms with E-state index in [0.717, 1.165) is 12.0 Å². The van der Waals surface area contributed by atoms with E-state index in [9.17, 15) is 4.79 Å². The van der Waals surface area contributed by atoms with Crippen molar-refractivity contribution < 1.29 is 4.79 Å². The van der Waals surface area contributed by atoms with Gasteiger partial charge in [-0.1, -0.05) is 19.4 Å².